The molecule has 0 bridgehead atoms. The van der Waals surface area contributed by atoms with Gasteiger partial charge < -0.3 is 29.1 Å². The van der Waals surface area contributed by atoms with E-state index in [1.54, 1.807) is 0 Å². The van der Waals surface area contributed by atoms with Gasteiger partial charge in [0.15, 0.2) is 0 Å². The van der Waals surface area contributed by atoms with Crippen LogP contribution in [0.25, 0.3) is 55.6 Å². The van der Waals surface area contributed by atoms with Crippen molar-refractivity contribution in [2.24, 2.45) is 0 Å². The molecule has 116 heavy (non-hydrogen) atoms. The Morgan fingerprint density at radius 1 is 0.233 bits per heavy atom. The zero-order valence-corrected chi connectivity index (χ0v) is 67.0. The summed E-state index contributed by atoms with van der Waals surface area (Å²) in [5.74, 6) is 3.02. The first-order chi connectivity index (χ1) is 56.5. The molecule has 0 fully saturated rings. The lowest BCUT2D eigenvalue weighted by Gasteiger charge is -2.48. The summed E-state index contributed by atoms with van der Waals surface area (Å²) >= 11 is 0. The fraction of sp³-hybridized carbons (Fsp3) is 0.111. The molecule has 0 radical (unpaired) electrons. The van der Waals surface area contributed by atoms with Gasteiger partial charge in [-0.1, -0.05) is 311 Å². The van der Waals surface area contributed by atoms with E-state index >= 15 is 0 Å². The summed E-state index contributed by atoms with van der Waals surface area (Å²) in [7, 11) is 0. The molecule has 0 aromatic heterocycles. The summed E-state index contributed by atoms with van der Waals surface area (Å²) in [6, 6.07) is 137. The molecular formula is C108H88B2N4O2. The van der Waals surface area contributed by atoms with Crippen LogP contribution in [-0.4, -0.2) is 13.4 Å². The molecule has 0 aliphatic carbocycles. The van der Waals surface area contributed by atoms with Crippen LogP contribution in [0, 0.1) is 0 Å². The quantitative estimate of drug-likeness (QED) is 0.107. The Bertz CT molecular complexity index is 6240. The van der Waals surface area contributed by atoms with Crippen LogP contribution in [0.3, 0.4) is 0 Å². The van der Waals surface area contributed by atoms with E-state index in [0.29, 0.717) is 0 Å². The summed E-state index contributed by atoms with van der Waals surface area (Å²) in [5, 5.41) is 0. The van der Waals surface area contributed by atoms with Crippen molar-refractivity contribution < 1.29 is 9.47 Å². The highest BCUT2D eigenvalue weighted by molar-refractivity contribution is 7.02. The molecule has 8 heteroatoms. The fourth-order valence-electron chi connectivity index (χ4n) is 18.1. The first kappa shape index (κ1) is 71.5. The van der Waals surface area contributed by atoms with Crippen LogP contribution in [0.1, 0.15) is 79.0 Å². The Morgan fingerprint density at radius 2 is 0.569 bits per heavy atom. The van der Waals surface area contributed by atoms with Gasteiger partial charge >= 0.3 is 0 Å². The Balaban J connectivity index is 0.964. The maximum Gasteiger partial charge on any atom is 0.260 e. The SMILES string of the molecule is CC(C)(C)c1cc(-c2ccccc2)c(N2c3ccc(-c4ccccc4)cc3B3c4cc5c6c(c4N(c4c(-c7ccccc7)cc(C(C)(C)C)cc4-c4ccccc4)c4cc(C(C)(C)C)cc2c43)Oc2cc(N(c3ccccc3)c3ccccc3)ccc2B6c2ccc(N(c3ccccc3)c3ccccc3)cc2O5)c(-c2ccccc2)c1. The highest BCUT2D eigenvalue weighted by Gasteiger charge is 2.52. The minimum atomic E-state index is -0.440. The lowest BCUT2D eigenvalue weighted by molar-refractivity contribution is 0.466. The smallest absolute Gasteiger partial charge is 0.260 e. The normalized spacial score (nSPS) is 12.9. The number of fused-ring (bicyclic) bond motifs is 9. The molecule has 4 aliphatic heterocycles. The fourth-order valence-corrected chi connectivity index (χ4v) is 18.1. The number of benzene rings is 16. The molecule has 4 aliphatic rings. The van der Waals surface area contributed by atoms with Gasteiger partial charge in [-0.3, -0.25) is 0 Å². The van der Waals surface area contributed by atoms with Crippen LogP contribution in [0.15, 0.2) is 370 Å². The molecule has 558 valence electrons. The second-order valence-electron chi connectivity index (χ2n) is 34.4. The predicted molar refractivity (Wildman–Crippen MR) is 491 cm³/mol. The predicted octanol–water partition coefficient (Wildman–Crippen LogP) is 25.7. The minimum absolute atomic E-state index is 0.217. The van der Waals surface area contributed by atoms with Gasteiger partial charge in [0.05, 0.1) is 17.1 Å². The standard InChI is InChI=1S/C108H88B2N4O2/c1-106(2,3)77-62-86(72-39-21-11-22-40-72)102(87(63-77)73-41-23-12-24-42-73)113-94-60-55-76(71-37-19-10-20-38-71)61-92(94)110-93-70-99-101-105(104(93)114(96-67-79(108(7,8)9)66-95(113)100(96)110)103-88(74-43-25-13-26-44-74)64-78(107(4,5)6)65-89(103)75-45-27-14-28-46-75)116-98-69-85(112(82-51-33-17-34-52-82)83-53-35-18-36-54-83)57-59-91(98)109(101)90-58-56-84(68-97(90)115-99)111(80-47-29-15-30-48-80)81-49-31-16-32-50-81/h10-70H,1-9H3. The van der Waals surface area contributed by atoms with Gasteiger partial charge in [0.2, 0.25) is 0 Å². The third-order valence-corrected chi connectivity index (χ3v) is 23.9. The van der Waals surface area contributed by atoms with Gasteiger partial charge in [-0.15, -0.1) is 0 Å². The van der Waals surface area contributed by atoms with Crippen LogP contribution in [0.5, 0.6) is 23.0 Å². The Hall–Kier alpha value is -13.6. The highest BCUT2D eigenvalue weighted by Crippen LogP contribution is 2.58. The second-order valence-corrected chi connectivity index (χ2v) is 34.4. The molecule has 0 unspecified atom stereocenters. The maximum atomic E-state index is 8.42. The average molecular weight is 1500 g/mol. The topological polar surface area (TPSA) is 31.4 Å². The van der Waals surface area contributed by atoms with E-state index in [1.807, 2.05) is 0 Å². The number of rotatable bonds is 13. The summed E-state index contributed by atoms with van der Waals surface area (Å²) in [4.78, 5) is 10.1. The summed E-state index contributed by atoms with van der Waals surface area (Å²) in [5.41, 5.74) is 32.9. The number of hydrogen-bond donors (Lipinski definition) is 0. The molecule has 20 rings (SSSR count). The number of nitrogens with zero attached hydrogens (tertiary/aromatic N) is 4. The van der Waals surface area contributed by atoms with Gasteiger partial charge in [-0.2, -0.15) is 0 Å². The Morgan fingerprint density at radius 3 is 0.957 bits per heavy atom. The second kappa shape index (κ2) is 28.2. The average Bonchev–Trinajstić information content (AvgIpc) is 0.673. The molecule has 16 aromatic carbocycles. The number of hydrogen-bond acceptors (Lipinski definition) is 6. The van der Waals surface area contributed by atoms with Gasteiger partial charge in [-0.25, -0.2) is 0 Å². The number of para-hydroxylation sites is 4. The Kier molecular flexibility index (Phi) is 17.4. The lowest BCUT2D eigenvalue weighted by Crippen LogP contribution is -2.63. The molecule has 4 heterocycles. The number of anilines is 12. The van der Waals surface area contributed by atoms with Gasteiger partial charge in [-0.05, 0) is 203 Å². The number of ether oxygens (including phenoxy) is 2. The van der Waals surface area contributed by atoms with E-state index in [2.05, 4.69) is 452 Å². The van der Waals surface area contributed by atoms with E-state index in [4.69, 9.17) is 9.47 Å². The first-order valence-electron chi connectivity index (χ1n) is 40.7. The Labute approximate surface area is 683 Å². The molecule has 16 aromatic rings. The monoisotopic (exact) mass is 1490 g/mol. The van der Waals surface area contributed by atoms with Crippen molar-refractivity contribution >= 4 is 114 Å². The molecule has 0 atom stereocenters. The van der Waals surface area contributed by atoms with E-state index in [1.165, 1.54) is 22.2 Å². The molecule has 6 nitrogen and oxygen atoms in total. The molecule has 0 spiro atoms. The minimum Gasteiger partial charge on any atom is -0.458 e. The molecule has 0 saturated carbocycles. The van der Waals surface area contributed by atoms with Crippen LogP contribution in [0.4, 0.5) is 68.2 Å². The van der Waals surface area contributed by atoms with Crippen molar-refractivity contribution in [3.63, 3.8) is 0 Å². The summed E-state index contributed by atoms with van der Waals surface area (Å²) in [6.07, 6.45) is 0. The van der Waals surface area contributed by atoms with Crippen molar-refractivity contribution in [1.82, 2.24) is 0 Å². The van der Waals surface area contributed by atoms with Crippen LogP contribution in [-0.2, 0) is 16.2 Å². The van der Waals surface area contributed by atoms with Crippen molar-refractivity contribution in [2.75, 3.05) is 19.6 Å². The highest BCUT2D eigenvalue weighted by atomic mass is 16.5. The van der Waals surface area contributed by atoms with Gasteiger partial charge in [0, 0.05) is 91.0 Å². The molecular weight excluding hydrogens is 1410 g/mol. The van der Waals surface area contributed by atoms with Crippen molar-refractivity contribution in [3.8, 4) is 78.6 Å². The van der Waals surface area contributed by atoms with Crippen molar-refractivity contribution in [1.29, 1.82) is 0 Å². The van der Waals surface area contributed by atoms with Crippen LogP contribution < -0.4 is 61.9 Å². The van der Waals surface area contributed by atoms with E-state index in [9.17, 15) is 0 Å². The van der Waals surface area contributed by atoms with E-state index in [-0.39, 0.29) is 17.5 Å². The van der Waals surface area contributed by atoms with Crippen LogP contribution in [0.2, 0.25) is 0 Å². The first-order valence-corrected chi connectivity index (χ1v) is 40.7. The van der Waals surface area contributed by atoms with E-state index < -0.39 is 12.1 Å². The third kappa shape index (κ3) is 12.4. The van der Waals surface area contributed by atoms with Crippen molar-refractivity contribution in [3.05, 3.63) is 387 Å². The summed E-state index contributed by atoms with van der Waals surface area (Å²) < 4.78 is 16.4. The zero-order chi connectivity index (χ0) is 78.7. The molecule has 0 N–H and O–H groups in total. The third-order valence-electron chi connectivity index (χ3n) is 23.9. The maximum absolute atomic E-state index is 8.42. The van der Waals surface area contributed by atoms with Crippen LogP contribution >= 0.6 is 0 Å². The molecule has 0 saturated heterocycles. The summed E-state index contributed by atoms with van der Waals surface area (Å²) in [6.45, 7) is 20.4. The molecule has 0 amide bonds. The zero-order valence-electron chi connectivity index (χ0n) is 67.0. The van der Waals surface area contributed by atoms with E-state index in [0.717, 1.165) is 174 Å². The van der Waals surface area contributed by atoms with Gasteiger partial charge in [0.1, 0.15) is 23.0 Å². The van der Waals surface area contributed by atoms with Crippen molar-refractivity contribution in [2.45, 2.75) is 78.6 Å². The lowest BCUT2D eigenvalue weighted by atomic mass is 9.31. The largest absolute Gasteiger partial charge is 0.458 e. The van der Waals surface area contributed by atoms with Gasteiger partial charge in [0.25, 0.3) is 13.4 Å².